The van der Waals surface area contributed by atoms with Crippen LogP contribution in [0.1, 0.15) is 16.2 Å². The summed E-state index contributed by atoms with van der Waals surface area (Å²) >= 11 is 0. The summed E-state index contributed by atoms with van der Waals surface area (Å²) in [7, 11) is 0. The van der Waals surface area contributed by atoms with E-state index in [9.17, 15) is 4.79 Å². The van der Waals surface area contributed by atoms with Gasteiger partial charge in [-0.1, -0.05) is 54.1 Å². The van der Waals surface area contributed by atoms with E-state index in [1.165, 1.54) is 0 Å². The van der Waals surface area contributed by atoms with Crippen LogP contribution in [0.4, 0.5) is 5.82 Å². The van der Waals surface area contributed by atoms with Crippen molar-refractivity contribution in [1.82, 2.24) is 19.7 Å². The molecule has 2 aromatic carbocycles. The molecule has 0 saturated carbocycles. The van der Waals surface area contributed by atoms with Crippen molar-refractivity contribution in [3.63, 3.8) is 0 Å². The van der Waals surface area contributed by atoms with E-state index in [2.05, 4.69) is 20.4 Å². The number of amides is 1. The zero-order chi connectivity index (χ0) is 18.6. The van der Waals surface area contributed by atoms with Crippen LogP contribution in [0.15, 0.2) is 79.0 Å². The second kappa shape index (κ2) is 7.21. The van der Waals surface area contributed by atoms with E-state index in [0.717, 1.165) is 16.8 Å². The number of carbonyl (C=O) groups is 1. The minimum absolute atomic E-state index is 0.0834. The first-order valence-corrected chi connectivity index (χ1v) is 8.52. The number of aromatic nitrogens is 4. The first-order chi connectivity index (χ1) is 13.2. The Morgan fingerprint density at radius 2 is 1.67 bits per heavy atom. The average molecular weight is 355 g/mol. The monoisotopic (exact) mass is 355 g/mol. The maximum atomic E-state index is 12.6. The Hall–Kier alpha value is -3.80. The van der Waals surface area contributed by atoms with Crippen LogP contribution in [0.5, 0.6) is 0 Å². The second-order valence-corrected chi connectivity index (χ2v) is 6.04. The zero-order valence-electron chi connectivity index (χ0n) is 14.7. The molecular formula is C21H17N5O. The number of hydrogen-bond donors (Lipinski definition) is 1. The van der Waals surface area contributed by atoms with Gasteiger partial charge in [0, 0.05) is 11.8 Å². The number of benzene rings is 2. The number of nitrogens with zero attached hydrogens (tertiary/aromatic N) is 4. The molecule has 6 heteroatoms. The van der Waals surface area contributed by atoms with Gasteiger partial charge in [-0.05, 0) is 31.2 Å². The van der Waals surface area contributed by atoms with Gasteiger partial charge < -0.3 is 5.32 Å². The lowest BCUT2D eigenvalue weighted by Crippen LogP contribution is -2.15. The summed E-state index contributed by atoms with van der Waals surface area (Å²) in [6.07, 6.45) is 1.61. The molecule has 1 amide bonds. The summed E-state index contributed by atoms with van der Waals surface area (Å²) in [6.45, 7) is 2.02. The second-order valence-electron chi connectivity index (χ2n) is 6.04. The van der Waals surface area contributed by atoms with Gasteiger partial charge in [-0.15, -0.1) is 5.10 Å². The topological polar surface area (TPSA) is 72.7 Å². The highest BCUT2D eigenvalue weighted by Gasteiger charge is 2.19. The van der Waals surface area contributed by atoms with Crippen LogP contribution in [-0.4, -0.2) is 25.7 Å². The van der Waals surface area contributed by atoms with E-state index in [4.69, 9.17) is 0 Å². The molecule has 0 radical (unpaired) electrons. The molecule has 2 aromatic heterocycles. The summed E-state index contributed by atoms with van der Waals surface area (Å²) in [5.41, 5.74) is 2.86. The van der Waals surface area contributed by atoms with Gasteiger partial charge in [-0.2, -0.15) is 0 Å². The molecule has 0 aliphatic heterocycles. The van der Waals surface area contributed by atoms with Gasteiger partial charge in [0.2, 0.25) is 5.82 Å². The molecule has 0 fully saturated rings. The fourth-order valence-electron chi connectivity index (χ4n) is 2.66. The van der Waals surface area contributed by atoms with Crippen molar-refractivity contribution in [3.05, 3.63) is 90.4 Å². The van der Waals surface area contributed by atoms with E-state index in [1.807, 2.05) is 61.5 Å². The Balaban J connectivity index is 1.75. The summed E-state index contributed by atoms with van der Waals surface area (Å²) in [5.74, 6) is 0.734. The number of carbonyl (C=O) groups excluding carboxylic acids is 1. The first kappa shape index (κ1) is 16.7. The molecule has 4 rings (SSSR count). The number of hydrogen-bond acceptors (Lipinski definition) is 4. The average Bonchev–Trinajstić information content (AvgIpc) is 3.16. The van der Waals surface area contributed by atoms with Gasteiger partial charge in [0.05, 0.1) is 5.69 Å². The van der Waals surface area contributed by atoms with Crippen molar-refractivity contribution in [2.45, 2.75) is 6.92 Å². The van der Waals surface area contributed by atoms with E-state index < -0.39 is 5.91 Å². The van der Waals surface area contributed by atoms with Crippen LogP contribution in [0, 0.1) is 6.92 Å². The third-order valence-electron chi connectivity index (χ3n) is 4.03. The predicted molar refractivity (Wildman–Crippen MR) is 104 cm³/mol. The van der Waals surface area contributed by atoms with Crippen molar-refractivity contribution < 1.29 is 4.79 Å². The lowest BCUT2D eigenvalue weighted by molar-refractivity contribution is 0.101. The largest absolute Gasteiger partial charge is 0.304 e. The fraction of sp³-hybridized carbons (Fsp3) is 0.0476. The van der Waals surface area contributed by atoms with Gasteiger partial charge in [0.25, 0.3) is 5.91 Å². The molecular weight excluding hydrogens is 338 g/mol. The number of anilines is 1. The Morgan fingerprint density at radius 1 is 0.926 bits per heavy atom. The Bertz CT molecular complexity index is 1060. The van der Waals surface area contributed by atoms with Crippen LogP contribution < -0.4 is 5.32 Å². The molecule has 0 atom stereocenters. The van der Waals surface area contributed by atoms with Crippen LogP contribution in [0.25, 0.3) is 17.1 Å². The Morgan fingerprint density at radius 3 is 2.37 bits per heavy atom. The quantitative estimate of drug-likeness (QED) is 0.603. The van der Waals surface area contributed by atoms with Gasteiger partial charge in [0.15, 0.2) is 5.82 Å². The smallest absolute Gasteiger partial charge is 0.296 e. The van der Waals surface area contributed by atoms with Crippen LogP contribution in [0.3, 0.4) is 0 Å². The summed E-state index contributed by atoms with van der Waals surface area (Å²) in [4.78, 5) is 21.2. The van der Waals surface area contributed by atoms with Crippen molar-refractivity contribution in [3.8, 4) is 17.1 Å². The van der Waals surface area contributed by atoms with E-state index >= 15 is 0 Å². The molecule has 0 bridgehead atoms. The van der Waals surface area contributed by atoms with Crippen LogP contribution >= 0.6 is 0 Å². The normalized spacial score (nSPS) is 10.6. The van der Waals surface area contributed by atoms with Gasteiger partial charge >= 0.3 is 0 Å². The minimum atomic E-state index is -0.406. The SMILES string of the molecule is Cc1ccc(-n2nc(C(=O)Nc3ccccn3)nc2-c2ccccc2)cc1. The van der Waals surface area contributed by atoms with Crippen LogP contribution in [-0.2, 0) is 0 Å². The van der Waals surface area contributed by atoms with Gasteiger partial charge in [-0.3, -0.25) is 4.79 Å². The Kier molecular flexibility index (Phi) is 4.45. The highest BCUT2D eigenvalue weighted by molar-refractivity contribution is 6.01. The molecule has 0 aliphatic carbocycles. The van der Waals surface area contributed by atoms with Crippen LogP contribution in [0.2, 0.25) is 0 Å². The lowest BCUT2D eigenvalue weighted by atomic mass is 10.2. The Labute approximate surface area is 156 Å². The number of nitrogens with one attached hydrogen (secondary N) is 1. The molecule has 1 N–H and O–H groups in total. The maximum Gasteiger partial charge on any atom is 0.296 e. The predicted octanol–water partition coefficient (Wildman–Crippen LogP) is 3.89. The molecule has 0 unspecified atom stereocenters. The molecule has 132 valence electrons. The first-order valence-electron chi connectivity index (χ1n) is 8.52. The summed E-state index contributed by atoms with van der Waals surface area (Å²) < 4.78 is 1.68. The number of pyridine rings is 1. The lowest BCUT2D eigenvalue weighted by Gasteiger charge is -2.06. The fourth-order valence-corrected chi connectivity index (χ4v) is 2.66. The summed E-state index contributed by atoms with van der Waals surface area (Å²) in [5, 5.41) is 7.17. The van der Waals surface area contributed by atoms with Crippen molar-refractivity contribution in [2.75, 3.05) is 5.32 Å². The highest BCUT2D eigenvalue weighted by Crippen LogP contribution is 2.21. The summed E-state index contributed by atoms with van der Waals surface area (Å²) in [6, 6.07) is 22.9. The maximum absolute atomic E-state index is 12.6. The molecule has 27 heavy (non-hydrogen) atoms. The van der Waals surface area contributed by atoms with E-state index in [-0.39, 0.29) is 5.82 Å². The van der Waals surface area contributed by atoms with Crippen molar-refractivity contribution in [2.24, 2.45) is 0 Å². The minimum Gasteiger partial charge on any atom is -0.304 e. The number of rotatable bonds is 4. The molecule has 0 saturated heterocycles. The third kappa shape index (κ3) is 3.59. The number of aryl methyl sites for hydroxylation is 1. The molecule has 6 nitrogen and oxygen atoms in total. The van der Waals surface area contributed by atoms with Crippen molar-refractivity contribution in [1.29, 1.82) is 0 Å². The molecule has 0 aliphatic rings. The molecule has 4 aromatic rings. The third-order valence-corrected chi connectivity index (χ3v) is 4.03. The van der Waals surface area contributed by atoms with Crippen molar-refractivity contribution >= 4 is 11.7 Å². The zero-order valence-corrected chi connectivity index (χ0v) is 14.7. The van der Waals surface area contributed by atoms with E-state index in [1.54, 1.807) is 29.1 Å². The molecule has 0 spiro atoms. The van der Waals surface area contributed by atoms with Gasteiger partial charge in [-0.25, -0.2) is 14.6 Å². The highest BCUT2D eigenvalue weighted by atomic mass is 16.2. The van der Waals surface area contributed by atoms with Gasteiger partial charge in [0.1, 0.15) is 5.82 Å². The molecule has 2 heterocycles. The standard InChI is InChI=1S/C21H17N5O/c1-15-10-12-17(13-11-15)26-20(16-7-3-2-4-8-16)24-19(25-26)21(27)23-18-9-5-6-14-22-18/h2-14H,1H3,(H,22,23,27). The van der Waals surface area contributed by atoms with E-state index in [0.29, 0.717) is 11.6 Å².